The number of hydrogen-bond donors (Lipinski definition) is 2. The van der Waals surface area contributed by atoms with Gasteiger partial charge in [-0.3, -0.25) is 9.36 Å². The molecule has 6 heteroatoms. The van der Waals surface area contributed by atoms with Gasteiger partial charge in [0.05, 0.1) is 5.69 Å². The predicted molar refractivity (Wildman–Crippen MR) is 105 cm³/mol. The fourth-order valence-corrected chi connectivity index (χ4v) is 3.66. The summed E-state index contributed by atoms with van der Waals surface area (Å²) in [6.45, 7) is 3.82. The maximum Gasteiger partial charge on any atom is 0.255 e. The van der Waals surface area contributed by atoms with Crippen molar-refractivity contribution < 1.29 is 0 Å². The highest BCUT2D eigenvalue weighted by Crippen LogP contribution is 2.26. The van der Waals surface area contributed by atoms with Gasteiger partial charge in [0.2, 0.25) is 0 Å². The lowest BCUT2D eigenvalue weighted by atomic mass is 10.1. The second kappa shape index (κ2) is 6.17. The summed E-state index contributed by atoms with van der Waals surface area (Å²) in [6.07, 6.45) is 6.30. The molecular weight excluding hydrogens is 338 g/mol. The number of aromatic nitrogens is 4. The van der Waals surface area contributed by atoms with E-state index in [-0.39, 0.29) is 5.56 Å². The molecule has 4 aromatic rings. The smallest absolute Gasteiger partial charge is 0.255 e. The normalized spacial score (nSPS) is 13.7. The van der Waals surface area contributed by atoms with Crippen molar-refractivity contribution in [1.29, 1.82) is 0 Å². The molecule has 27 heavy (non-hydrogen) atoms. The van der Waals surface area contributed by atoms with Gasteiger partial charge < -0.3 is 10.3 Å². The van der Waals surface area contributed by atoms with Gasteiger partial charge in [0.25, 0.3) is 5.56 Å². The van der Waals surface area contributed by atoms with E-state index in [1.165, 1.54) is 16.6 Å². The van der Waals surface area contributed by atoms with Crippen molar-refractivity contribution in [2.45, 2.75) is 19.9 Å². The first-order valence-corrected chi connectivity index (χ1v) is 9.05. The number of nitrogens with one attached hydrogen (secondary N) is 2. The van der Waals surface area contributed by atoms with E-state index in [9.17, 15) is 4.79 Å². The van der Waals surface area contributed by atoms with Gasteiger partial charge in [-0.25, -0.2) is 9.97 Å². The molecule has 1 aliphatic rings. The van der Waals surface area contributed by atoms with Crippen molar-refractivity contribution in [3.8, 4) is 17.1 Å². The molecule has 0 unspecified atom stereocenters. The number of aryl methyl sites for hydroxylation is 1. The molecule has 6 nitrogen and oxygen atoms in total. The maximum absolute atomic E-state index is 12.7. The third-order valence-electron chi connectivity index (χ3n) is 5.07. The number of nitrogens with zero attached hydrogens (tertiary/aromatic N) is 3. The summed E-state index contributed by atoms with van der Waals surface area (Å²) in [4.78, 5) is 24.8. The van der Waals surface area contributed by atoms with Crippen molar-refractivity contribution in [2.75, 3.05) is 6.54 Å². The average Bonchev–Trinajstić information content (AvgIpc) is 3.06. The van der Waals surface area contributed by atoms with Crippen LogP contribution in [-0.2, 0) is 13.0 Å². The quantitative estimate of drug-likeness (QED) is 0.578. The van der Waals surface area contributed by atoms with Crippen molar-refractivity contribution in [2.24, 2.45) is 0 Å². The lowest BCUT2D eigenvalue weighted by Crippen LogP contribution is -2.22. The Labute approximate surface area is 155 Å². The highest BCUT2D eigenvalue weighted by Gasteiger charge is 2.15. The van der Waals surface area contributed by atoms with Gasteiger partial charge in [0, 0.05) is 66.3 Å². The first kappa shape index (κ1) is 16.0. The van der Waals surface area contributed by atoms with E-state index in [0.29, 0.717) is 5.82 Å². The number of pyridine rings is 1. The van der Waals surface area contributed by atoms with Crippen LogP contribution < -0.4 is 10.9 Å². The number of aromatic amines is 1. The lowest BCUT2D eigenvalue weighted by molar-refractivity contribution is 0.641. The van der Waals surface area contributed by atoms with Gasteiger partial charge in [-0.15, -0.1) is 0 Å². The lowest BCUT2D eigenvalue weighted by Gasteiger charge is -2.12. The molecule has 0 fully saturated rings. The first-order chi connectivity index (χ1) is 13.2. The second-order valence-electron chi connectivity index (χ2n) is 6.95. The van der Waals surface area contributed by atoms with E-state index < -0.39 is 0 Å². The summed E-state index contributed by atoms with van der Waals surface area (Å²) in [6, 6.07) is 9.58. The minimum absolute atomic E-state index is 0.103. The summed E-state index contributed by atoms with van der Waals surface area (Å²) >= 11 is 0. The number of benzene rings is 1. The van der Waals surface area contributed by atoms with Gasteiger partial charge in [-0.05, 0) is 36.2 Å². The number of rotatable bonds is 2. The van der Waals surface area contributed by atoms with Gasteiger partial charge in [0.1, 0.15) is 0 Å². The molecule has 134 valence electrons. The SMILES string of the molecule is Cc1cnc(-c2ccn(-c3ccc4c5c([nH]c4c3)CCNC5)c(=O)c2)nc1. The molecule has 3 aromatic heterocycles. The van der Waals surface area contributed by atoms with Crippen LogP contribution in [0, 0.1) is 6.92 Å². The second-order valence-corrected chi connectivity index (χ2v) is 6.95. The summed E-state index contributed by atoms with van der Waals surface area (Å²) in [5, 5.41) is 4.63. The van der Waals surface area contributed by atoms with E-state index in [1.807, 2.05) is 25.1 Å². The van der Waals surface area contributed by atoms with E-state index in [0.717, 1.165) is 41.8 Å². The Hall–Kier alpha value is -3.25. The van der Waals surface area contributed by atoms with Gasteiger partial charge >= 0.3 is 0 Å². The molecule has 0 saturated carbocycles. The van der Waals surface area contributed by atoms with Crippen molar-refractivity contribution in [3.63, 3.8) is 0 Å². The van der Waals surface area contributed by atoms with Crippen LogP contribution in [0.5, 0.6) is 0 Å². The van der Waals surface area contributed by atoms with Crippen LogP contribution in [0.15, 0.2) is 53.7 Å². The monoisotopic (exact) mass is 357 g/mol. The fraction of sp³-hybridized carbons (Fsp3) is 0.190. The van der Waals surface area contributed by atoms with Crippen molar-refractivity contribution in [3.05, 3.63) is 76.1 Å². The maximum atomic E-state index is 12.7. The molecule has 0 radical (unpaired) electrons. The summed E-state index contributed by atoms with van der Waals surface area (Å²) < 4.78 is 1.65. The van der Waals surface area contributed by atoms with Crippen LogP contribution in [0.1, 0.15) is 16.8 Å². The Morgan fingerprint density at radius 2 is 1.96 bits per heavy atom. The Morgan fingerprint density at radius 1 is 1.11 bits per heavy atom. The highest BCUT2D eigenvalue weighted by molar-refractivity contribution is 5.86. The van der Waals surface area contributed by atoms with Gasteiger partial charge in [-0.2, -0.15) is 0 Å². The molecule has 2 N–H and O–H groups in total. The number of H-pyrrole nitrogens is 1. The van der Waals surface area contributed by atoms with E-state index in [2.05, 4.69) is 26.3 Å². The third-order valence-corrected chi connectivity index (χ3v) is 5.07. The van der Waals surface area contributed by atoms with E-state index in [1.54, 1.807) is 29.2 Å². The molecule has 1 aromatic carbocycles. The first-order valence-electron chi connectivity index (χ1n) is 9.05. The molecule has 1 aliphatic heterocycles. The molecule has 0 aliphatic carbocycles. The zero-order valence-corrected chi connectivity index (χ0v) is 15.0. The van der Waals surface area contributed by atoms with Crippen molar-refractivity contribution >= 4 is 10.9 Å². The molecular formula is C21H19N5O. The van der Waals surface area contributed by atoms with E-state index >= 15 is 0 Å². The molecule has 0 atom stereocenters. The standard InChI is InChI=1S/C21H19N5O/c1-13-10-23-21(24-11-13)14-5-7-26(20(27)8-14)15-2-3-16-17-12-22-6-4-18(17)25-19(16)9-15/h2-3,5,7-11,22,25H,4,6,12H2,1H3. The molecule has 0 spiro atoms. The number of hydrogen-bond acceptors (Lipinski definition) is 4. The van der Waals surface area contributed by atoms with Gasteiger partial charge in [-0.1, -0.05) is 6.07 Å². The van der Waals surface area contributed by atoms with Crippen LogP contribution in [0.25, 0.3) is 28.0 Å². The Morgan fingerprint density at radius 3 is 2.78 bits per heavy atom. The zero-order chi connectivity index (χ0) is 18.4. The Bertz CT molecular complexity index is 1200. The minimum atomic E-state index is -0.103. The molecule has 5 rings (SSSR count). The fourth-order valence-electron chi connectivity index (χ4n) is 3.66. The highest BCUT2D eigenvalue weighted by atomic mass is 16.1. The molecule has 0 bridgehead atoms. The van der Waals surface area contributed by atoms with Crippen molar-refractivity contribution in [1.82, 2.24) is 24.8 Å². The van der Waals surface area contributed by atoms with Crippen LogP contribution in [0.4, 0.5) is 0 Å². The van der Waals surface area contributed by atoms with E-state index in [4.69, 9.17) is 0 Å². The summed E-state index contributed by atoms with van der Waals surface area (Å²) in [7, 11) is 0. The topological polar surface area (TPSA) is 75.6 Å². The summed E-state index contributed by atoms with van der Waals surface area (Å²) in [5.74, 6) is 0.560. The molecule has 4 heterocycles. The largest absolute Gasteiger partial charge is 0.358 e. The van der Waals surface area contributed by atoms with Crippen LogP contribution in [0.3, 0.4) is 0 Å². The van der Waals surface area contributed by atoms with Crippen LogP contribution >= 0.6 is 0 Å². The Kier molecular flexibility index (Phi) is 3.65. The average molecular weight is 357 g/mol. The zero-order valence-electron chi connectivity index (χ0n) is 15.0. The minimum Gasteiger partial charge on any atom is -0.358 e. The third kappa shape index (κ3) is 2.74. The number of fused-ring (bicyclic) bond motifs is 3. The molecule has 0 saturated heterocycles. The molecule has 0 amide bonds. The van der Waals surface area contributed by atoms with Crippen LogP contribution in [0.2, 0.25) is 0 Å². The predicted octanol–water partition coefficient (Wildman–Crippen LogP) is 2.73. The van der Waals surface area contributed by atoms with Crippen LogP contribution in [-0.4, -0.2) is 26.1 Å². The van der Waals surface area contributed by atoms with Gasteiger partial charge in [0.15, 0.2) is 5.82 Å². The summed E-state index contributed by atoms with van der Waals surface area (Å²) in [5.41, 5.74) is 6.15. The Balaban J connectivity index is 1.56.